The summed E-state index contributed by atoms with van der Waals surface area (Å²) in [6.07, 6.45) is 0.526. The van der Waals surface area contributed by atoms with Crippen molar-refractivity contribution in [1.29, 1.82) is 0 Å². The summed E-state index contributed by atoms with van der Waals surface area (Å²) in [4.78, 5) is 47.4. The van der Waals surface area contributed by atoms with Gasteiger partial charge in [0.1, 0.15) is 23.5 Å². The van der Waals surface area contributed by atoms with Crippen molar-refractivity contribution in [3.63, 3.8) is 0 Å². The number of nitrogens with zero attached hydrogens (tertiary/aromatic N) is 1. The molecule has 2 amide bonds. The van der Waals surface area contributed by atoms with Crippen molar-refractivity contribution in [2.45, 2.75) is 61.4 Å². The Kier molecular flexibility index (Phi) is 5.09. The molecular formula is C14H21N3O6S. The molecule has 0 aromatic heterocycles. The van der Waals surface area contributed by atoms with E-state index in [1.807, 2.05) is 0 Å². The van der Waals surface area contributed by atoms with Gasteiger partial charge in [0.05, 0.1) is 0 Å². The highest BCUT2D eigenvalue weighted by Gasteiger charge is 2.64. The van der Waals surface area contributed by atoms with Gasteiger partial charge in [-0.3, -0.25) is 14.4 Å². The fraction of sp³-hybridized carbons (Fsp3) is 0.714. The maximum absolute atomic E-state index is 12.2. The Morgan fingerprint density at radius 2 is 2.00 bits per heavy atom. The molecule has 0 aromatic carbocycles. The zero-order valence-electron chi connectivity index (χ0n) is 13.4. The first-order valence-electron chi connectivity index (χ1n) is 7.57. The summed E-state index contributed by atoms with van der Waals surface area (Å²) < 4.78 is -0.639. The quantitative estimate of drug-likeness (QED) is 0.431. The molecule has 134 valence electrons. The van der Waals surface area contributed by atoms with E-state index in [4.69, 9.17) is 10.8 Å². The van der Waals surface area contributed by atoms with Gasteiger partial charge in [0.2, 0.25) is 11.8 Å². The molecule has 2 heterocycles. The molecule has 10 heteroatoms. The third-order valence-corrected chi connectivity index (χ3v) is 5.80. The predicted octanol–water partition coefficient (Wildman–Crippen LogP) is -0.800. The van der Waals surface area contributed by atoms with Crippen LogP contribution >= 0.6 is 11.8 Å². The number of fused-ring (bicyclic) bond motifs is 1. The van der Waals surface area contributed by atoms with Crippen LogP contribution in [0.15, 0.2) is 0 Å². The normalized spacial score (nSPS) is 28.7. The van der Waals surface area contributed by atoms with E-state index >= 15 is 0 Å². The minimum Gasteiger partial charge on any atom is -0.480 e. The number of thioether (sulfide) groups is 1. The fourth-order valence-corrected chi connectivity index (χ4v) is 4.62. The molecule has 2 aliphatic rings. The third kappa shape index (κ3) is 3.34. The zero-order valence-corrected chi connectivity index (χ0v) is 14.2. The lowest BCUT2D eigenvalue weighted by atomic mass is 9.96. The Labute approximate surface area is 142 Å². The number of hydrogen-bond donors (Lipinski definition) is 4. The summed E-state index contributed by atoms with van der Waals surface area (Å²) in [5.74, 6) is -2.95. The van der Waals surface area contributed by atoms with Gasteiger partial charge < -0.3 is 26.2 Å². The second-order valence-corrected chi connectivity index (χ2v) is 8.25. The molecule has 0 spiro atoms. The number of β-lactam (4-membered cyclic amide) rings is 1. The summed E-state index contributed by atoms with van der Waals surface area (Å²) in [7, 11) is 0. The Hall–Kier alpha value is -1.81. The van der Waals surface area contributed by atoms with Crippen molar-refractivity contribution in [3.8, 4) is 0 Å². The number of hydrogen-bond acceptors (Lipinski definition) is 6. The average Bonchev–Trinajstić information content (AvgIpc) is 2.73. The summed E-state index contributed by atoms with van der Waals surface area (Å²) in [6.45, 7) is 3.52. The van der Waals surface area contributed by atoms with E-state index in [-0.39, 0.29) is 24.1 Å². The van der Waals surface area contributed by atoms with Crippen molar-refractivity contribution in [1.82, 2.24) is 10.2 Å². The highest BCUT2D eigenvalue weighted by molar-refractivity contribution is 8.01. The lowest BCUT2D eigenvalue weighted by molar-refractivity contribution is -0.161. The van der Waals surface area contributed by atoms with Gasteiger partial charge in [-0.2, -0.15) is 0 Å². The predicted molar refractivity (Wildman–Crippen MR) is 85.1 cm³/mol. The van der Waals surface area contributed by atoms with Crippen molar-refractivity contribution in [2.75, 3.05) is 0 Å². The minimum atomic E-state index is -1.12. The number of rotatable bonds is 7. The molecular weight excluding hydrogens is 338 g/mol. The fourth-order valence-electron chi connectivity index (χ4n) is 3.00. The lowest BCUT2D eigenvalue weighted by Gasteiger charge is -2.43. The summed E-state index contributed by atoms with van der Waals surface area (Å²) in [5, 5.41) is 20.2. The molecule has 9 nitrogen and oxygen atoms in total. The van der Waals surface area contributed by atoms with Crippen LogP contribution in [0.4, 0.5) is 0 Å². The first-order valence-corrected chi connectivity index (χ1v) is 8.45. The Balaban J connectivity index is 1.87. The Morgan fingerprint density at radius 1 is 1.38 bits per heavy atom. The largest absolute Gasteiger partial charge is 0.480 e. The number of carbonyl (C=O) groups excluding carboxylic acids is 2. The Bertz CT molecular complexity index is 581. The lowest BCUT2D eigenvalue weighted by Crippen LogP contribution is -2.70. The van der Waals surface area contributed by atoms with Crippen LogP contribution in [0.3, 0.4) is 0 Å². The van der Waals surface area contributed by atoms with Crippen LogP contribution in [0, 0.1) is 0 Å². The maximum atomic E-state index is 12.2. The van der Waals surface area contributed by atoms with Crippen molar-refractivity contribution in [2.24, 2.45) is 5.73 Å². The average molecular weight is 359 g/mol. The number of carboxylic acids is 2. The third-order valence-electron chi connectivity index (χ3n) is 4.23. The van der Waals surface area contributed by atoms with Gasteiger partial charge in [0.25, 0.3) is 0 Å². The number of carboxylic acid groups (broad SMARTS) is 2. The molecule has 5 N–H and O–H groups in total. The SMILES string of the molecule is CC1(C)SC2[C@H](NC(=O)CCC[C@@H](N)C(=O)O)C(=O)N2[C@H]1C(=O)O. The molecule has 2 fully saturated rings. The Morgan fingerprint density at radius 3 is 2.54 bits per heavy atom. The number of nitrogens with two attached hydrogens (primary N) is 1. The maximum Gasteiger partial charge on any atom is 0.327 e. The van der Waals surface area contributed by atoms with Crippen LogP contribution in [0.1, 0.15) is 33.1 Å². The van der Waals surface area contributed by atoms with Crippen LogP contribution in [-0.2, 0) is 19.2 Å². The van der Waals surface area contributed by atoms with Crippen LogP contribution in [0.2, 0.25) is 0 Å². The molecule has 1 unspecified atom stereocenters. The molecule has 24 heavy (non-hydrogen) atoms. The molecule has 2 rings (SSSR count). The topological polar surface area (TPSA) is 150 Å². The molecule has 2 saturated heterocycles. The van der Waals surface area contributed by atoms with E-state index in [0.29, 0.717) is 6.42 Å². The van der Waals surface area contributed by atoms with Crippen LogP contribution < -0.4 is 11.1 Å². The molecule has 2 aliphatic heterocycles. The second kappa shape index (κ2) is 6.60. The van der Waals surface area contributed by atoms with Gasteiger partial charge in [-0.1, -0.05) is 0 Å². The standard InChI is InChI=1S/C14H21N3O6S/c1-14(2)9(13(22)23)17-10(19)8(11(17)24-14)16-7(18)5-3-4-6(15)12(20)21/h6,8-9,11H,3-5,15H2,1-2H3,(H,16,18)(H,20,21)(H,22,23)/t6-,8-,9+,11?/m1/s1. The monoisotopic (exact) mass is 359 g/mol. The van der Waals surface area contributed by atoms with Gasteiger partial charge >= 0.3 is 11.9 Å². The summed E-state index contributed by atoms with van der Waals surface area (Å²) in [6, 6.07) is -2.66. The van der Waals surface area contributed by atoms with Gasteiger partial charge in [-0.05, 0) is 26.7 Å². The molecule has 0 aromatic rings. The van der Waals surface area contributed by atoms with E-state index in [0.717, 1.165) is 0 Å². The minimum absolute atomic E-state index is 0.0634. The highest BCUT2D eigenvalue weighted by Crippen LogP contribution is 2.50. The number of carbonyl (C=O) groups is 4. The van der Waals surface area contributed by atoms with Crippen LogP contribution in [-0.4, -0.2) is 67.1 Å². The van der Waals surface area contributed by atoms with Gasteiger partial charge in [-0.15, -0.1) is 11.8 Å². The van der Waals surface area contributed by atoms with Crippen molar-refractivity contribution in [3.05, 3.63) is 0 Å². The van der Waals surface area contributed by atoms with E-state index in [1.165, 1.54) is 16.7 Å². The van der Waals surface area contributed by atoms with Crippen LogP contribution in [0.25, 0.3) is 0 Å². The molecule has 0 bridgehead atoms. The molecule has 0 radical (unpaired) electrons. The number of aliphatic carboxylic acids is 2. The van der Waals surface area contributed by atoms with E-state index in [2.05, 4.69) is 5.32 Å². The van der Waals surface area contributed by atoms with E-state index in [1.54, 1.807) is 13.8 Å². The van der Waals surface area contributed by atoms with Crippen molar-refractivity contribution >= 4 is 35.5 Å². The summed E-state index contributed by atoms with van der Waals surface area (Å²) >= 11 is 1.35. The molecule has 4 atom stereocenters. The van der Waals surface area contributed by atoms with E-state index < -0.39 is 40.7 Å². The number of nitrogens with one attached hydrogen (secondary N) is 1. The smallest absolute Gasteiger partial charge is 0.327 e. The van der Waals surface area contributed by atoms with Gasteiger partial charge in [0, 0.05) is 11.2 Å². The first-order chi connectivity index (χ1) is 11.1. The molecule has 0 aliphatic carbocycles. The first kappa shape index (κ1) is 18.5. The van der Waals surface area contributed by atoms with Gasteiger partial charge in [0.15, 0.2) is 0 Å². The highest BCUT2D eigenvalue weighted by atomic mass is 32.2. The zero-order chi connectivity index (χ0) is 18.2. The second-order valence-electron chi connectivity index (χ2n) is 6.48. The van der Waals surface area contributed by atoms with Crippen LogP contribution in [0.5, 0.6) is 0 Å². The van der Waals surface area contributed by atoms with E-state index in [9.17, 15) is 24.3 Å². The summed E-state index contributed by atoms with van der Waals surface area (Å²) in [5.41, 5.74) is 5.36. The van der Waals surface area contributed by atoms with Crippen molar-refractivity contribution < 1.29 is 29.4 Å². The molecule has 0 saturated carbocycles. The number of amides is 2. The van der Waals surface area contributed by atoms with Gasteiger partial charge in [-0.25, -0.2) is 4.79 Å².